The van der Waals surface area contributed by atoms with Gasteiger partial charge in [0.25, 0.3) is 0 Å². The SMILES string of the molecule is COc1cccc(OC)c1CN=C(N)Nc1nc(-c2ccc(F)cc2O)cs1. The molecule has 0 unspecified atom stereocenters. The van der Waals surface area contributed by atoms with Crippen LogP contribution in [0.15, 0.2) is 46.8 Å². The van der Waals surface area contributed by atoms with Gasteiger partial charge in [0, 0.05) is 17.0 Å². The molecule has 0 bridgehead atoms. The third-order valence-corrected chi connectivity index (χ3v) is 4.67. The molecule has 0 fully saturated rings. The number of nitrogens with one attached hydrogen (secondary N) is 1. The first-order chi connectivity index (χ1) is 13.5. The van der Waals surface area contributed by atoms with Gasteiger partial charge in [-0.15, -0.1) is 11.3 Å². The van der Waals surface area contributed by atoms with E-state index in [0.29, 0.717) is 27.9 Å². The van der Waals surface area contributed by atoms with E-state index in [1.54, 1.807) is 19.6 Å². The summed E-state index contributed by atoms with van der Waals surface area (Å²) in [6.07, 6.45) is 0. The maximum Gasteiger partial charge on any atom is 0.195 e. The highest BCUT2D eigenvalue weighted by Crippen LogP contribution is 2.32. The van der Waals surface area contributed by atoms with Gasteiger partial charge in [-0.3, -0.25) is 0 Å². The Bertz CT molecular complexity index is 984. The lowest BCUT2D eigenvalue weighted by molar-refractivity contribution is 0.385. The van der Waals surface area contributed by atoms with E-state index in [4.69, 9.17) is 15.2 Å². The molecular weight excluding hydrogens is 383 g/mol. The number of benzene rings is 2. The summed E-state index contributed by atoms with van der Waals surface area (Å²) in [6.45, 7) is 0.253. The number of phenols is 1. The third-order valence-electron chi connectivity index (χ3n) is 3.91. The van der Waals surface area contributed by atoms with Crippen LogP contribution in [0.3, 0.4) is 0 Å². The summed E-state index contributed by atoms with van der Waals surface area (Å²) in [5, 5.41) is 15.0. The summed E-state index contributed by atoms with van der Waals surface area (Å²) >= 11 is 1.29. The predicted molar refractivity (Wildman–Crippen MR) is 108 cm³/mol. The van der Waals surface area contributed by atoms with Crippen LogP contribution in [-0.4, -0.2) is 30.3 Å². The number of nitrogens with two attached hydrogens (primary N) is 1. The molecule has 0 aliphatic heterocycles. The van der Waals surface area contributed by atoms with Gasteiger partial charge >= 0.3 is 0 Å². The second-order valence-corrected chi connectivity index (χ2v) is 6.53. The Balaban J connectivity index is 1.74. The quantitative estimate of drug-likeness (QED) is 0.430. The number of guanidine groups is 1. The van der Waals surface area contributed by atoms with Crippen LogP contribution in [0.5, 0.6) is 17.2 Å². The van der Waals surface area contributed by atoms with Gasteiger partial charge in [-0.25, -0.2) is 14.4 Å². The first-order valence-electron chi connectivity index (χ1n) is 8.23. The van der Waals surface area contributed by atoms with E-state index in [2.05, 4.69) is 15.3 Å². The maximum absolute atomic E-state index is 13.1. The first-order valence-corrected chi connectivity index (χ1v) is 9.11. The number of aromatic hydroxyl groups is 1. The van der Waals surface area contributed by atoms with Crippen molar-refractivity contribution in [3.8, 4) is 28.5 Å². The molecule has 2 aromatic carbocycles. The fraction of sp³-hybridized carbons (Fsp3) is 0.158. The van der Waals surface area contributed by atoms with E-state index in [1.807, 2.05) is 18.2 Å². The lowest BCUT2D eigenvalue weighted by Crippen LogP contribution is -2.22. The van der Waals surface area contributed by atoms with Crippen molar-refractivity contribution in [2.75, 3.05) is 19.5 Å². The lowest BCUT2D eigenvalue weighted by Gasteiger charge is -2.11. The summed E-state index contributed by atoms with van der Waals surface area (Å²) in [7, 11) is 3.15. The number of rotatable bonds is 6. The zero-order valence-corrected chi connectivity index (χ0v) is 16.1. The first kappa shape index (κ1) is 19.4. The van der Waals surface area contributed by atoms with Crippen molar-refractivity contribution >= 4 is 22.4 Å². The number of hydrogen-bond donors (Lipinski definition) is 3. The highest BCUT2D eigenvalue weighted by molar-refractivity contribution is 7.14. The summed E-state index contributed by atoms with van der Waals surface area (Å²) in [4.78, 5) is 8.66. The second kappa shape index (κ2) is 8.57. The molecule has 0 aliphatic carbocycles. The number of methoxy groups -OCH3 is 2. The molecule has 9 heteroatoms. The molecule has 28 heavy (non-hydrogen) atoms. The minimum absolute atomic E-state index is 0.164. The van der Waals surface area contributed by atoms with E-state index in [1.165, 1.54) is 23.5 Å². The third kappa shape index (κ3) is 4.32. The summed E-state index contributed by atoms with van der Waals surface area (Å²) < 4.78 is 23.8. The summed E-state index contributed by atoms with van der Waals surface area (Å²) in [6, 6.07) is 9.23. The normalized spacial score (nSPS) is 11.3. The average Bonchev–Trinajstić information content (AvgIpc) is 3.13. The molecule has 1 aromatic heterocycles. The Morgan fingerprint density at radius 2 is 1.96 bits per heavy atom. The summed E-state index contributed by atoms with van der Waals surface area (Å²) in [5.41, 5.74) is 7.67. The van der Waals surface area contributed by atoms with E-state index in [-0.39, 0.29) is 18.3 Å². The van der Waals surface area contributed by atoms with Gasteiger partial charge in [0.2, 0.25) is 0 Å². The number of phenolic OH excluding ortho intramolecular Hbond substituents is 1. The average molecular weight is 402 g/mol. The molecule has 1 heterocycles. The van der Waals surface area contributed by atoms with E-state index < -0.39 is 5.82 Å². The van der Waals surface area contributed by atoms with Crippen molar-refractivity contribution in [1.29, 1.82) is 0 Å². The van der Waals surface area contributed by atoms with Gasteiger partial charge in [-0.05, 0) is 24.3 Å². The molecule has 0 saturated heterocycles. The van der Waals surface area contributed by atoms with Crippen molar-refractivity contribution in [2.24, 2.45) is 10.7 Å². The minimum Gasteiger partial charge on any atom is -0.507 e. The molecule has 0 aliphatic rings. The Kier molecular flexibility index (Phi) is 5.95. The minimum atomic E-state index is -0.516. The predicted octanol–water partition coefficient (Wildman–Crippen LogP) is 3.60. The van der Waals surface area contributed by atoms with Crippen molar-refractivity contribution in [1.82, 2.24) is 4.98 Å². The smallest absolute Gasteiger partial charge is 0.195 e. The van der Waals surface area contributed by atoms with Crippen molar-refractivity contribution in [2.45, 2.75) is 6.54 Å². The van der Waals surface area contributed by atoms with Crippen LogP contribution in [-0.2, 0) is 6.54 Å². The number of thiazole rings is 1. The highest BCUT2D eigenvalue weighted by Gasteiger charge is 2.12. The topological polar surface area (TPSA) is 102 Å². The number of nitrogens with zero attached hydrogens (tertiary/aromatic N) is 2. The maximum atomic E-state index is 13.1. The van der Waals surface area contributed by atoms with Crippen LogP contribution < -0.4 is 20.5 Å². The molecule has 3 rings (SSSR count). The molecule has 0 radical (unpaired) electrons. The Morgan fingerprint density at radius 1 is 1.25 bits per heavy atom. The number of halogens is 1. The van der Waals surface area contributed by atoms with E-state index >= 15 is 0 Å². The van der Waals surface area contributed by atoms with Crippen LogP contribution in [0.2, 0.25) is 0 Å². The van der Waals surface area contributed by atoms with Crippen LogP contribution in [0, 0.1) is 5.82 Å². The van der Waals surface area contributed by atoms with Crippen molar-refractivity contribution in [3.63, 3.8) is 0 Å². The van der Waals surface area contributed by atoms with E-state index in [0.717, 1.165) is 11.6 Å². The lowest BCUT2D eigenvalue weighted by atomic mass is 10.1. The fourth-order valence-corrected chi connectivity index (χ4v) is 3.29. The molecule has 7 nitrogen and oxygen atoms in total. The Labute approximate surface area is 165 Å². The molecule has 4 N–H and O–H groups in total. The highest BCUT2D eigenvalue weighted by atomic mass is 32.1. The fourth-order valence-electron chi connectivity index (χ4n) is 2.57. The number of ether oxygens (including phenoxy) is 2. The monoisotopic (exact) mass is 402 g/mol. The molecule has 0 amide bonds. The van der Waals surface area contributed by atoms with Gasteiger partial charge in [0.05, 0.1) is 32.0 Å². The van der Waals surface area contributed by atoms with Crippen LogP contribution in [0.1, 0.15) is 5.56 Å². The van der Waals surface area contributed by atoms with E-state index in [9.17, 15) is 9.50 Å². The molecule has 0 spiro atoms. The molecule has 0 saturated carbocycles. The zero-order valence-electron chi connectivity index (χ0n) is 15.3. The largest absolute Gasteiger partial charge is 0.507 e. The number of aliphatic imine (C=N–C) groups is 1. The van der Waals surface area contributed by atoms with Gasteiger partial charge in [-0.2, -0.15) is 0 Å². The van der Waals surface area contributed by atoms with Crippen LogP contribution >= 0.6 is 11.3 Å². The molecule has 3 aromatic rings. The van der Waals surface area contributed by atoms with Crippen LogP contribution in [0.25, 0.3) is 11.3 Å². The van der Waals surface area contributed by atoms with Gasteiger partial charge in [-0.1, -0.05) is 6.07 Å². The number of hydrogen-bond acceptors (Lipinski definition) is 6. The van der Waals surface area contributed by atoms with Gasteiger partial charge in [0.1, 0.15) is 23.1 Å². The van der Waals surface area contributed by atoms with Crippen LogP contribution in [0.4, 0.5) is 9.52 Å². The molecule has 146 valence electrons. The molecular formula is C19H19FN4O3S. The number of aromatic nitrogens is 1. The summed E-state index contributed by atoms with van der Waals surface area (Å²) in [5.74, 6) is 0.773. The standard InChI is InChI=1S/C19H19FN4O3S/c1-26-16-4-3-5-17(27-2)13(16)9-22-18(21)24-19-23-14(10-28-19)12-7-6-11(20)8-15(12)25/h3-8,10,25H,9H2,1-2H3,(H3,21,22,23,24). The number of anilines is 1. The zero-order chi connectivity index (χ0) is 20.1. The van der Waals surface area contributed by atoms with Gasteiger partial charge < -0.3 is 25.6 Å². The Morgan fingerprint density at radius 3 is 2.61 bits per heavy atom. The van der Waals surface area contributed by atoms with Crippen molar-refractivity contribution in [3.05, 3.63) is 53.2 Å². The van der Waals surface area contributed by atoms with Crippen molar-refractivity contribution < 1.29 is 19.0 Å². The second-order valence-electron chi connectivity index (χ2n) is 5.67. The molecule has 0 atom stereocenters. The Hall–Kier alpha value is -3.33. The van der Waals surface area contributed by atoms with Gasteiger partial charge in [0.15, 0.2) is 11.1 Å².